The number of fused-ring (bicyclic) bond motifs is 1. The molecule has 0 aliphatic heterocycles. The molecule has 1 aliphatic rings. The molecule has 2 aromatic rings. The third-order valence-corrected chi connectivity index (χ3v) is 3.94. The SMILES string of the molecule is CC(CN)c1nc(C2CCc3ccccc3C2)no1. The Morgan fingerprint density at radius 1 is 1.37 bits per heavy atom. The van der Waals surface area contributed by atoms with E-state index in [2.05, 4.69) is 34.4 Å². The van der Waals surface area contributed by atoms with Gasteiger partial charge in [-0.1, -0.05) is 36.3 Å². The number of aromatic nitrogens is 2. The molecular formula is C15H19N3O. The van der Waals surface area contributed by atoms with Crippen molar-refractivity contribution in [1.82, 2.24) is 10.1 Å². The first-order chi connectivity index (χ1) is 9.28. The zero-order chi connectivity index (χ0) is 13.2. The van der Waals surface area contributed by atoms with Crippen molar-refractivity contribution < 1.29 is 4.52 Å². The maximum absolute atomic E-state index is 5.63. The highest BCUT2D eigenvalue weighted by atomic mass is 16.5. The van der Waals surface area contributed by atoms with E-state index in [1.807, 2.05) is 6.92 Å². The molecule has 2 unspecified atom stereocenters. The number of nitrogens with zero attached hydrogens (tertiary/aromatic N) is 2. The summed E-state index contributed by atoms with van der Waals surface area (Å²) in [5.74, 6) is 2.01. The van der Waals surface area contributed by atoms with Crippen LogP contribution in [0.3, 0.4) is 0 Å². The van der Waals surface area contributed by atoms with Gasteiger partial charge in [-0.05, 0) is 30.4 Å². The van der Waals surface area contributed by atoms with E-state index in [1.54, 1.807) is 0 Å². The van der Waals surface area contributed by atoms with Crippen molar-refractivity contribution in [1.29, 1.82) is 0 Å². The van der Waals surface area contributed by atoms with Crippen molar-refractivity contribution in [3.8, 4) is 0 Å². The molecule has 4 nitrogen and oxygen atoms in total. The summed E-state index contributed by atoms with van der Waals surface area (Å²) in [4.78, 5) is 4.52. The second-order valence-corrected chi connectivity index (χ2v) is 5.34. The minimum Gasteiger partial charge on any atom is -0.339 e. The molecule has 1 aromatic carbocycles. The van der Waals surface area contributed by atoms with Crippen LogP contribution in [-0.2, 0) is 12.8 Å². The Kier molecular flexibility index (Phi) is 3.34. The molecule has 0 amide bonds. The molecule has 0 radical (unpaired) electrons. The van der Waals surface area contributed by atoms with E-state index in [0.717, 1.165) is 25.1 Å². The van der Waals surface area contributed by atoms with Gasteiger partial charge in [0.1, 0.15) is 0 Å². The highest BCUT2D eigenvalue weighted by Gasteiger charge is 2.24. The van der Waals surface area contributed by atoms with Gasteiger partial charge in [0.2, 0.25) is 5.89 Å². The first-order valence-electron chi connectivity index (χ1n) is 6.88. The molecule has 0 bridgehead atoms. The second kappa shape index (κ2) is 5.13. The van der Waals surface area contributed by atoms with Gasteiger partial charge in [0, 0.05) is 18.4 Å². The van der Waals surface area contributed by atoms with Gasteiger partial charge in [0.25, 0.3) is 0 Å². The molecule has 1 heterocycles. The largest absolute Gasteiger partial charge is 0.339 e. The molecule has 0 saturated carbocycles. The number of hydrogen-bond donors (Lipinski definition) is 1. The van der Waals surface area contributed by atoms with Gasteiger partial charge in [-0.25, -0.2) is 0 Å². The Labute approximate surface area is 113 Å². The molecular weight excluding hydrogens is 238 g/mol. The van der Waals surface area contributed by atoms with Crippen molar-refractivity contribution in [2.24, 2.45) is 5.73 Å². The summed E-state index contributed by atoms with van der Waals surface area (Å²) in [6.45, 7) is 2.54. The highest BCUT2D eigenvalue weighted by Crippen LogP contribution is 2.31. The molecule has 19 heavy (non-hydrogen) atoms. The predicted octanol–water partition coefficient (Wildman–Crippen LogP) is 2.40. The van der Waals surface area contributed by atoms with Crippen molar-refractivity contribution in [2.75, 3.05) is 6.54 Å². The molecule has 2 N–H and O–H groups in total. The van der Waals surface area contributed by atoms with Crippen LogP contribution in [0.5, 0.6) is 0 Å². The molecule has 0 saturated heterocycles. The lowest BCUT2D eigenvalue weighted by Gasteiger charge is -2.21. The molecule has 0 spiro atoms. The lowest BCUT2D eigenvalue weighted by molar-refractivity contribution is 0.352. The van der Waals surface area contributed by atoms with Crippen molar-refractivity contribution in [3.63, 3.8) is 0 Å². The van der Waals surface area contributed by atoms with E-state index in [9.17, 15) is 0 Å². The second-order valence-electron chi connectivity index (χ2n) is 5.34. The Morgan fingerprint density at radius 2 is 2.16 bits per heavy atom. The first-order valence-corrected chi connectivity index (χ1v) is 6.88. The summed E-state index contributed by atoms with van der Waals surface area (Å²) in [7, 11) is 0. The van der Waals surface area contributed by atoms with E-state index < -0.39 is 0 Å². The molecule has 100 valence electrons. The molecule has 4 heteroatoms. The molecule has 1 aliphatic carbocycles. The lowest BCUT2D eigenvalue weighted by Crippen LogP contribution is -2.14. The fourth-order valence-electron chi connectivity index (χ4n) is 2.63. The fourth-order valence-corrected chi connectivity index (χ4v) is 2.63. The van der Waals surface area contributed by atoms with Crippen LogP contribution in [0.4, 0.5) is 0 Å². The highest BCUT2D eigenvalue weighted by molar-refractivity contribution is 5.31. The van der Waals surface area contributed by atoms with E-state index in [-0.39, 0.29) is 5.92 Å². The van der Waals surface area contributed by atoms with Crippen LogP contribution in [-0.4, -0.2) is 16.7 Å². The third kappa shape index (κ3) is 2.40. The van der Waals surface area contributed by atoms with Gasteiger partial charge in [-0.3, -0.25) is 0 Å². The summed E-state index contributed by atoms with van der Waals surface area (Å²) < 4.78 is 5.32. The van der Waals surface area contributed by atoms with Gasteiger partial charge < -0.3 is 10.3 Å². The monoisotopic (exact) mass is 257 g/mol. The summed E-state index contributed by atoms with van der Waals surface area (Å²) in [6, 6.07) is 8.61. The van der Waals surface area contributed by atoms with Gasteiger partial charge >= 0.3 is 0 Å². The smallest absolute Gasteiger partial charge is 0.230 e. The van der Waals surface area contributed by atoms with Gasteiger partial charge in [0.05, 0.1) is 0 Å². The number of nitrogens with two attached hydrogens (primary N) is 1. The average molecular weight is 257 g/mol. The van der Waals surface area contributed by atoms with E-state index in [1.165, 1.54) is 11.1 Å². The van der Waals surface area contributed by atoms with Crippen molar-refractivity contribution in [3.05, 3.63) is 47.1 Å². The third-order valence-electron chi connectivity index (χ3n) is 3.94. The van der Waals surface area contributed by atoms with Gasteiger partial charge in [0.15, 0.2) is 5.82 Å². The standard InChI is InChI=1S/C15H19N3O/c1-10(9-16)15-17-14(18-19-15)13-7-6-11-4-2-3-5-12(11)8-13/h2-5,10,13H,6-9,16H2,1H3. The Bertz CT molecular complexity index is 564. The molecule has 2 atom stereocenters. The summed E-state index contributed by atoms with van der Waals surface area (Å²) in [5.41, 5.74) is 8.50. The topological polar surface area (TPSA) is 64.9 Å². The molecule has 3 rings (SSSR count). The van der Waals surface area contributed by atoms with Crippen LogP contribution in [0.2, 0.25) is 0 Å². The Balaban J connectivity index is 1.79. The van der Waals surface area contributed by atoms with Crippen molar-refractivity contribution >= 4 is 0 Å². The van der Waals surface area contributed by atoms with Gasteiger partial charge in [-0.2, -0.15) is 4.98 Å². The lowest BCUT2D eigenvalue weighted by atomic mass is 9.83. The van der Waals surface area contributed by atoms with Crippen LogP contribution in [0.1, 0.15) is 48.0 Å². The van der Waals surface area contributed by atoms with Crippen LogP contribution >= 0.6 is 0 Å². The predicted molar refractivity (Wildman–Crippen MR) is 73.0 cm³/mol. The summed E-state index contributed by atoms with van der Waals surface area (Å²) in [5, 5.41) is 4.14. The zero-order valence-corrected chi connectivity index (χ0v) is 11.2. The Hall–Kier alpha value is -1.68. The quantitative estimate of drug-likeness (QED) is 0.917. The Morgan fingerprint density at radius 3 is 2.95 bits per heavy atom. The van der Waals surface area contributed by atoms with E-state index in [0.29, 0.717) is 18.4 Å². The number of aryl methyl sites for hydroxylation is 1. The zero-order valence-electron chi connectivity index (χ0n) is 11.2. The van der Waals surface area contributed by atoms with Crippen LogP contribution in [0, 0.1) is 0 Å². The van der Waals surface area contributed by atoms with Crippen molar-refractivity contribution in [2.45, 2.75) is 38.0 Å². The van der Waals surface area contributed by atoms with Gasteiger partial charge in [-0.15, -0.1) is 0 Å². The fraction of sp³-hybridized carbons (Fsp3) is 0.467. The molecule has 0 fully saturated rings. The first kappa shape index (κ1) is 12.4. The molecule has 1 aromatic heterocycles. The average Bonchev–Trinajstić information content (AvgIpc) is 2.95. The van der Waals surface area contributed by atoms with E-state index >= 15 is 0 Å². The number of hydrogen-bond acceptors (Lipinski definition) is 4. The van der Waals surface area contributed by atoms with Crippen LogP contribution < -0.4 is 5.73 Å². The minimum absolute atomic E-state index is 0.136. The minimum atomic E-state index is 0.136. The number of rotatable bonds is 3. The summed E-state index contributed by atoms with van der Waals surface area (Å²) in [6.07, 6.45) is 3.19. The maximum atomic E-state index is 5.63. The van der Waals surface area contributed by atoms with E-state index in [4.69, 9.17) is 10.3 Å². The summed E-state index contributed by atoms with van der Waals surface area (Å²) >= 11 is 0. The number of benzene rings is 1. The van der Waals surface area contributed by atoms with Crippen LogP contribution in [0.25, 0.3) is 0 Å². The maximum Gasteiger partial charge on any atom is 0.230 e. The normalized spacial score (nSPS) is 20.0. The van der Waals surface area contributed by atoms with Crippen LogP contribution in [0.15, 0.2) is 28.8 Å².